The van der Waals surface area contributed by atoms with E-state index in [1.165, 1.54) is 67.2 Å². The number of ether oxygens (including phenoxy) is 1. The first-order chi connectivity index (χ1) is 15.1. The van der Waals surface area contributed by atoms with E-state index < -0.39 is 0 Å². The average molecular weight is 421 g/mol. The van der Waals surface area contributed by atoms with Gasteiger partial charge in [0.2, 0.25) is 0 Å². The maximum Gasteiger partial charge on any atom is 0.311 e. The van der Waals surface area contributed by atoms with Crippen LogP contribution in [-0.2, 0) is 17.6 Å². The smallest absolute Gasteiger partial charge is 0.311 e. The van der Waals surface area contributed by atoms with Crippen LogP contribution in [0.25, 0.3) is 0 Å². The molecule has 3 rings (SSSR count). The van der Waals surface area contributed by atoms with Crippen molar-refractivity contribution in [1.82, 2.24) is 0 Å². The lowest BCUT2D eigenvalue weighted by molar-refractivity contribution is -0.134. The lowest BCUT2D eigenvalue weighted by atomic mass is 9.79. The fourth-order valence-electron chi connectivity index (χ4n) is 4.97. The predicted molar refractivity (Wildman–Crippen MR) is 130 cm³/mol. The van der Waals surface area contributed by atoms with Gasteiger partial charge < -0.3 is 4.74 Å². The second-order valence-electron chi connectivity index (χ2n) is 9.35. The van der Waals surface area contributed by atoms with Gasteiger partial charge in [-0.25, -0.2) is 0 Å². The zero-order valence-corrected chi connectivity index (χ0v) is 19.8. The Hall–Kier alpha value is -2.09. The van der Waals surface area contributed by atoms with Gasteiger partial charge in [-0.3, -0.25) is 4.79 Å². The summed E-state index contributed by atoms with van der Waals surface area (Å²) in [5, 5.41) is 0. The largest absolute Gasteiger partial charge is 0.427 e. The third-order valence-electron chi connectivity index (χ3n) is 6.80. The topological polar surface area (TPSA) is 26.3 Å². The molecule has 0 heterocycles. The minimum atomic E-state index is -0.138. The van der Waals surface area contributed by atoms with Crippen molar-refractivity contribution in [2.24, 2.45) is 0 Å². The maximum absolute atomic E-state index is 12.5. The fraction of sp³-hybridized carbons (Fsp3) is 0.552. The summed E-state index contributed by atoms with van der Waals surface area (Å²) in [7, 11) is 0. The molecule has 2 aromatic rings. The summed E-state index contributed by atoms with van der Waals surface area (Å²) in [6.07, 6.45) is 12.4. The van der Waals surface area contributed by atoms with Gasteiger partial charge in [-0.2, -0.15) is 0 Å². The van der Waals surface area contributed by atoms with E-state index in [0.29, 0.717) is 24.0 Å². The summed E-state index contributed by atoms with van der Waals surface area (Å²) < 4.78 is 5.61. The summed E-state index contributed by atoms with van der Waals surface area (Å²) >= 11 is 0. The van der Waals surface area contributed by atoms with Crippen LogP contribution in [0.4, 0.5) is 0 Å². The molecule has 2 aromatic carbocycles. The lowest BCUT2D eigenvalue weighted by Gasteiger charge is -2.26. The van der Waals surface area contributed by atoms with Gasteiger partial charge >= 0.3 is 5.97 Å². The minimum absolute atomic E-state index is 0.138. The fourth-order valence-corrected chi connectivity index (χ4v) is 4.97. The van der Waals surface area contributed by atoms with Crippen molar-refractivity contribution in [3.8, 4) is 5.75 Å². The number of carbonyl (C=O) groups is 1. The molecule has 0 saturated heterocycles. The Bertz CT molecular complexity index is 815. The molecule has 0 bridgehead atoms. The first-order valence-electron chi connectivity index (χ1n) is 12.5. The number of benzene rings is 2. The molecule has 0 aliphatic heterocycles. The van der Waals surface area contributed by atoms with Crippen LogP contribution in [0.3, 0.4) is 0 Å². The third-order valence-corrected chi connectivity index (χ3v) is 6.80. The van der Waals surface area contributed by atoms with Crippen molar-refractivity contribution < 1.29 is 9.53 Å². The SMILES string of the molecule is CCCc1ccc(OC(=O)CCc2ccc(C(C)CCC)cc2C2CCCCC2)cc1. The summed E-state index contributed by atoms with van der Waals surface area (Å²) in [4.78, 5) is 12.5. The van der Waals surface area contributed by atoms with E-state index in [9.17, 15) is 4.79 Å². The van der Waals surface area contributed by atoms with Crippen molar-refractivity contribution in [2.45, 2.75) is 103 Å². The number of rotatable bonds is 10. The molecule has 2 nitrogen and oxygen atoms in total. The van der Waals surface area contributed by atoms with Gasteiger partial charge in [0.15, 0.2) is 0 Å². The van der Waals surface area contributed by atoms with Crippen LogP contribution >= 0.6 is 0 Å². The van der Waals surface area contributed by atoms with E-state index in [4.69, 9.17) is 4.74 Å². The molecule has 0 spiro atoms. The van der Waals surface area contributed by atoms with Crippen molar-refractivity contribution in [2.75, 3.05) is 0 Å². The van der Waals surface area contributed by atoms with E-state index in [-0.39, 0.29) is 5.97 Å². The van der Waals surface area contributed by atoms with Crippen LogP contribution in [0, 0.1) is 0 Å². The molecule has 1 unspecified atom stereocenters. The van der Waals surface area contributed by atoms with E-state index in [1.807, 2.05) is 12.1 Å². The van der Waals surface area contributed by atoms with Gasteiger partial charge in [0.05, 0.1) is 0 Å². The van der Waals surface area contributed by atoms with Gasteiger partial charge in [-0.05, 0) is 78.3 Å². The quantitative estimate of drug-likeness (QED) is 0.286. The molecule has 1 saturated carbocycles. The Balaban J connectivity index is 1.66. The Kier molecular flexibility index (Phi) is 9.18. The molecular formula is C29H40O2. The summed E-state index contributed by atoms with van der Waals surface area (Å²) in [5.74, 6) is 1.77. The standard InChI is InChI=1S/C29H40O2/c1-4-9-22(3)26-16-15-25(28(21-26)24-11-7-6-8-12-24)17-20-29(30)31-27-18-13-23(10-5-2)14-19-27/h13-16,18-19,21-22,24H,4-12,17,20H2,1-3H3. The van der Waals surface area contributed by atoms with E-state index in [0.717, 1.165) is 19.3 Å². The monoisotopic (exact) mass is 420 g/mol. The van der Waals surface area contributed by atoms with Gasteiger partial charge in [0, 0.05) is 6.42 Å². The molecule has 168 valence electrons. The number of aryl methyl sites for hydroxylation is 2. The van der Waals surface area contributed by atoms with Crippen molar-refractivity contribution in [1.29, 1.82) is 0 Å². The predicted octanol–water partition coefficient (Wildman–Crippen LogP) is 8.13. The average Bonchev–Trinajstić information content (AvgIpc) is 2.80. The van der Waals surface area contributed by atoms with Crippen LogP contribution in [0.1, 0.15) is 113 Å². The molecular weight excluding hydrogens is 380 g/mol. The normalized spacial score (nSPS) is 15.6. The molecule has 0 N–H and O–H groups in total. The summed E-state index contributed by atoms with van der Waals surface area (Å²) in [6.45, 7) is 6.77. The number of hydrogen-bond acceptors (Lipinski definition) is 2. The second kappa shape index (κ2) is 12.1. The molecule has 0 aromatic heterocycles. The van der Waals surface area contributed by atoms with Crippen LogP contribution in [0.15, 0.2) is 42.5 Å². The Labute approximate surface area is 189 Å². The summed E-state index contributed by atoms with van der Waals surface area (Å²) in [6, 6.07) is 15.0. The van der Waals surface area contributed by atoms with Gasteiger partial charge in [0.1, 0.15) is 5.75 Å². The summed E-state index contributed by atoms with van der Waals surface area (Å²) in [5.41, 5.74) is 5.59. The third kappa shape index (κ3) is 6.95. The van der Waals surface area contributed by atoms with E-state index >= 15 is 0 Å². The zero-order chi connectivity index (χ0) is 22.1. The molecule has 31 heavy (non-hydrogen) atoms. The number of esters is 1. The van der Waals surface area contributed by atoms with Crippen molar-refractivity contribution >= 4 is 5.97 Å². The van der Waals surface area contributed by atoms with Crippen molar-refractivity contribution in [3.63, 3.8) is 0 Å². The van der Waals surface area contributed by atoms with E-state index in [1.54, 1.807) is 0 Å². The zero-order valence-electron chi connectivity index (χ0n) is 19.8. The van der Waals surface area contributed by atoms with Gasteiger partial charge in [0.25, 0.3) is 0 Å². The molecule has 2 heteroatoms. The lowest BCUT2D eigenvalue weighted by Crippen LogP contribution is -2.12. The first kappa shape index (κ1) is 23.6. The van der Waals surface area contributed by atoms with Crippen LogP contribution < -0.4 is 4.74 Å². The Morgan fingerprint density at radius 1 is 0.968 bits per heavy atom. The highest BCUT2D eigenvalue weighted by molar-refractivity contribution is 5.72. The van der Waals surface area contributed by atoms with E-state index in [2.05, 4.69) is 51.1 Å². The molecule has 1 fully saturated rings. The van der Waals surface area contributed by atoms with Gasteiger partial charge in [-0.15, -0.1) is 0 Å². The van der Waals surface area contributed by atoms with Crippen molar-refractivity contribution in [3.05, 3.63) is 64.7 Å². The molecule has 1 atom stereocenters. The number of carbonyl (C=O) groups excluding carboxylic acids is 1. The van der Waals surface area contributed by atoms with Gasteiger partial charge in [-0.1, -0.05) is 83.2 Å². The maximum atomic E-state index is 12.5. The molecule has 0 amide bonds. The number of hydrogen-bond donors (Lipinski definition) is 0. The highest BCUT2D eigenvalue weighted by Crippen LogP contribution is 2.37. The highest BCUT2D eigenvalue weighted by atomic mass is 16.5. The Morgan fingerprint density at radius 3 is 2.39 bits per heavy atom. The minimum Gasteiger partial charge on any atom is -0.427 e. The molecule has 1 aliphatic rings. The Morgan fingerprint density at radius 2 is 1.71 bits per heavy atom. The molecule has 0 radical (unpaired) electrons. The molecule has 1 aliphatic carbocycles. The van der Waals surface area contributed by atoms with Crippen LogP contribution in [-0.4, -0.2) is 5.97 Å². The van der Waals surface area contributed by atoms with Crippen LogP contribution in [0.2, 0.25) is 0 Å². The highest BCUT2D eigenvalue weighted by Gasteiger charge is 2.20. The van der Waals surface area contributed by atoms with Crippen LogP contribution in [0.5, 0.6) is 5.75 Å². The first-order valence-corrected chi connectivity index (χ1v) is 12.5. The second-order valence-corrected chi connectivity index (χ2v) is 9.35.